The van der Waals surface area contributed by atoms with Gasteiger partial charge in [0.05, 0.1) is 5.25 Å². The third-order valence-corrected chi connectivity index (χ3v) is 3.68. The molecule has 74 valence electrons. The Kier molecular flexibility index (Phi) is 4.36. The maximum Gasteiger partial charge on any atom is 0.252 e. The first-order valence-electron chi connectivity index (χ1n) is 3.23. The van der Waals surface area contributed by atoms with Crippen LogP contribution in [0, 0.1) is 0 Å². The highest BCUT2D eigenvalue weighted by Crippen LogP contribution is 2.10. The van der Waals surface area contributed by atoms with E-state index in [0.29, 0.717) is 13.1 Å². The second-order valence-corrected chi connectivity index (χ2v) is 4.83. The minimum Gasteiger partial charge on any atom is -0.314 e. The van der Waals surface area contributed by atoms with Crippen molar-refractivity contribution >= 4 is 22.2 Å². The molecular weight excluding hydrogens is 212 g/mol. The van der Waals surface area contributed by atoms with E-state index in [0.717, 1.165) is 0 Å². The van der Waals surface area contributed by atoms with Crippen molar-refractivity contribution in [3.05, 3.63) is 0 Å². The number of hydrogen-bond acceptors (Lipinski definition) is 3. The van der Waals surface area contributed by atoms with Crippen LogP contribution in [0.5, 0.6) is 0 Å². The lowest BCUT2D eigenvalue weighted by Crippen LogP contribution is -2.52. The maximum atomic E-state index is 11.7. The van der Waals surface area contributed by atoms with Crippen LogP contribution in [-0.4, -0.2) is 38.9 Å². The summed E-state index contributed by atoms with van der Waals surface area (Å²) in [6.45, 7) is 0.629. The minimum absolute atomic E-state index is 0. The van der Waals surface area contributed by atoms with E-state index in [1.807, 2.05) is 0 Å². The van der Waals surface area contributed by atoms with Crippen LogP contribution < -0.4 is 5.32 Å². The first kappa shape index (κ1) is 12.1. The van der Waals surface area contributed by atoms with Gasteiger partial charge in [0, 0.05) is 13.1 Å². The Morgan fingerprint density at radius 1 is 1.42 bits per heavy atom. The third kappa shape index (κ3) is 2.84. The second kappa shape index (κ2) is 4.34. The molecule has 0 aromatic heterocycles. The van der Waals surface area contributed by atoms with Crippen molar-refractivity contribution < 1.29 is 17.2 Å². The summed E-state index contributed by atoms with van der Waals surface area (Å²) in [5.74, 6) is -1.00. The Labute approximate surface area is 75.9 Å². The molecule has 1 rings (SSSR count). The van der Waals surface area contributed by atoms with Gasteiger partial charge in [0.2, 0.25) is 0 Å². The SMILES string of the molecule is Cl.O=S(=O)(CC(F)F)C1CNC1. The first-order valence-corrected chi connectivity index (χ1v) is 4.94. The molecular formula is C5H10ClF2NO2S. The summed E-state index contributed by atoms with van der Waals surface area (Å²) in [5, 5.41) is 2.13. The van der Waals surface area contributed by atoms with Crippen LogP contribution in [0.25, 0.3) is 0 Å². The average Bonchev–Trinajstić information content (AvgIpc) is 1.50. The smallest absolute Gasteiger partial charge is 0.252 e. The van der Waals surface area contributed by atoms with Crippen molar-refractivity contribution in [1.29, 1.82) is 0 Å². The fourth-order valence-electron chi connectivity index (χ4n) is 0.828. The van der Waals surface area contributed by atoms with Crippen LogP contribution in [0.2, 0.25) is 0 Å². The molecule has 0 aromatic rings. The van der Waals surface area contributed by atoms with Gasteiger partial charge in [-0.2, -0.15) is 0 Å². The minimum atomic E-state index is -3.54. The summed E-state index contributed by atoms with van der Waals surface area (Å²) in [5.41, 5.74) is 0. The van der Waals surface area contributed by atoms with Crippen LogP contribution in [0.4, 0.5) is 8.78 Å². The lowest BCUT2D eigenvalue weighted by Gasteiger charge is -2.26. The van der Waals surface area contributed by atoms with Crippen LogP contribution in [0.3, 0.4) is 0 Å². The fraction of sp³-hybridized carbons (Fsp3) is 1.00. The molecule has 3 nitrogen and oxygen atoms in total. The number of alkyl halides is 2. The number of halogens is 3. The van der Waals surface area contributed by atoms with E-state index in [-0.39, 0.29) is 12.4 Å². The molecule has 1 fully saturated rings. The normalized spacial score (nSPS) is 18.6. The van der Waals surface area contributed by atoms with Crippen LogP contribution in [0.15, 0.2) is 0 Å². The van der Waals surface area contributed by atoms with E-state index >= 15 is 0 Å². The van der Waals surface area contributed by atoms with Crippen molar-refractivity contribution in [3.63, 3.8) is 0 Å². The summed E-state index contributed by atoms with van der Waals surface area (Å²) in [4.78, 5) is 0. The maximum absolute atomic E-state index is 11.7. The zero-order valence-corrected chi connectivity index (χ0v) is 7.80. The summed E-state index contributed by atoms with van der Waals surface area (Å²) >= 11 is 0. The quantitative estimate of drug-likeness (QED) is 0.733. The molecule has 1 N–H and O–H groups in total. The van der Waals surface area contributed by atoms with Gasteiger partial charge in [0.1, 0.15) is 5.75 Å². The van der Waals surface area contributed by atoms with Gasteiger partial charge < -0.3 is 5.32 Å². The van der Waals surface area contributed by atoms with Gasteiger partial charge in [-0.15, -0.1) is 12.4 Å². The molecule has 1 saturated heterocycles. The predicted molar refractivity (Wildman–Crippen MR) is 43.7 cm³/mol. The largest absolute Gasteiger partial charge is 0.314 e. The lowest BCUT2D eigenvalue weighted by atomic mass is 10.3. The van der Waals surface area contributed by atoms with Gasteiger partial charge in [-0.25, -0.2) is 17.2 Å². The molecule has 0 amide bonds. The van der Waals surface area contributed by atoms with Crippen molar-refractivity contribution in [1.82, 2.24) is 5.32 Å². The molecule has 12 heavy (non-hydrogen) atoms. The van der Waals surface area contributed by atoms with Gasteiger partial charge in [-0.3, -0.25) is 0 Å². The Balaban J connectivity index is 0.00000121. The van der Waals surface area contributed by atoms with Gasteiger partial charge in [-0.1, -0.05) is 0 Å². The Morgan fingerprint density at radius 3 is 2.17 bits per heavy atom. The van der Waals surface area contributed by atoms with Crippen LogP contribution in [-0.2, 0) is 9.84 Å². The first-order chi connectivity index (χ1) is 5.02. The van der Waals surface area contributed by atoms with Crippen molar-refractivity contribution in [2.75, 3.05) is 18.8 Å². The van der Waals surface area contributed by atoms with Gasteiger partial charge in [-0.05, 0) is 0 Å². The standard InChI is InChI=1S/C5H9F2NO2S.ClH/c6-5(7)3-11(9,10)4-1-8-2-4;/h4-5,8H,1-3H2;1H. The van der Waals surface area contributed by atoms with Gasteiger partial charge in [0.15, 0.2) is 9.84 Å². The zero-order valence-electron chi connectivity index (χ0n) is 6.16. The molecule has 0 unspecified atom stereocenters. The monoisotopic (exact) mass is 221 g/mol. The Bertz CT molecular complexity index is 228. The molecule has 7 heteroatoms. The van der Waals surface area contributed by atoms with E-state index in [1.54, 1.807) is 0 Å². The number of nitrogens with one attached hydrogen (secondary N) is 1. The average molecular weight is 222 g/mol. The Hall–Kier alpha value is 0.0600. The fourth-order valence-corrected chi connectivity index (χ4v) is 2.19. The molecule has 0 atom stereocenters. The highest BCUT2D eigenvalue weighted by molar-refractivity contribution is 7.92. The molecule has 0 aliphatic carbocycles. The highest BCUT2D eigenvalue weighted by atomic mass is 35.5. The van der Waals surface area contributed by atoms with Crippen molar-refractivity contribution in [3.8, 4) is 0 Å². The summed E-state index contributed by atoms with van der Waals surface area (Å²) < 4.78 is 45.1. The summed E-state index contributed by atoms with van der Waals surface area (Å²) in [6, 6.07) is 0. The number of rotatable bonds is 3. The molecule has 1 aliphatic heterocycles. The van der Waals surface area contributed by atoms with E-state index in [2.05, 4.69) is 5.32 Å². The number of sulfone groups is 1. The molecule has 0 aromatic carbocycles. The van der Waals surface area contributed by atoms with Crippen molar-refractivity contribution in [2.45, 2.75) is 11.7 Å². The zero-order chi connectivity index (χ0) is 8.48. The van der Waals surface area contributed by atoms with Crippen molar-refractivity contribution in [2.24, 2.45) is 0 Å². The molecule has 1 aliphatic rings. The predicted octanol–water partition coefficient (Wildman–Crippen LogP) is 0.0599. The molecule has 0 saturated carbocycles. The number of hydrogen-bond donors (Lipinski definition) is 1. The van der Waals surface area contributed by atoms with E-state index in [9.17, 15) is 17.2 Å². The topological polar surface area (TPSA) is 46.2 Å². The van der Waals surface area contributed by atoms with E-state index in [4.69, 9.17) is 0 Å². The molecule has 1 heterocycles. The summed E-state index contributed by atoms with van der Waals surface area (Å²) in [6.07, 6.45) is -2.75. The second-order valence-electron chi connectivity index (χ2n) is 2.50. The summed E-state index contributed by atoms with van der Waals surface area (Å²) in [7, 11) is -3.54. The van der Waals surface area contributed by atoms with Gasteiger partial charge in [0.25, 0.3) is 6.43 Å². The van der Waals surface area contributed by atoms with Crippen LogP contribution >= 0.6 is 12.4 Å². The Morgan fingerprint density at radius 2 is 1.92 bits per heavy atom. The van der Waals surface area contributed by atoms with Crippen LogP contribution in [0.1, 0.15) is 0 Å². The third-order valence-electron chi connectivity index (χ3n) is 1.61. The molecule has 0 spiro atoms. The van der Waals surface area contributed by atoms with E-state index < -0.39 is 27.3 Å². The van der Waals surface area contributed by atoms with Gasteiger partial charge >= 0.3 is 0 Å². The highest BCUT2D eigenvalue weighted by Gasteiger charge is 2.32. The van der Waals surface area contributed by atoms with E-state index in [1.165, 1.54) is 0 Å². The lowest BCUT2D eigenvalue weighted by molar-refractivity contribution is 0.173. The molecule has 0 radical (unpaired) electrons. The molecule has 0 bridgehead atoms.